The molecule has 88 valence electrons. The van der Waals surface area contributed by atoms with Crippen LogP contribution in [0.2, 0.25) is 0 Å². The second-order valence-corrected chi connectivity index (χ2v) is 4.28. The monoisotopic (exact) mass is 228 g/mol. The van der Waals surface area contributed by atoms with Gasteiger partial charge < -0.3 is 4.74 Å². The van der Waals surface area contributed by atoms with Crippen molar-refractivity contribution in [2.24, 2.45) is 0 Å². The van der Waals surface area contributed by atoms with Crippen LogP contribution in [0.15, 0.2) is 24.3 Å². The Morgan fingerprint density at radius 1 is 1.00 bits per heavy atom. The SMILES string of the molecule is COc1ccc2c(C)c(C(C)=O)ccc2c1C. The molecule has 0 fully saturated rings. The number of hydrogen-bond acceptors (Lipinski definition) is 2. The van der Waals surface area contributed by atoms with Crippen LogP contribution in [0.3, 0.4) is 0 Å². The number of rotatable bonds is 2. The number of carbonyl (C=O) groups is 1. The maximum Gasteiger partial charge on any atom is 0.160 e. The predicted octanol–water partition coefficient (Wildman–Crippen LogP) is 3.67. The minimum absolute atomic E-state index is 0.109. The molecule has 0 amide bonds. The minimum atomic E-state index is 0.109. The first-order valence-electron chi connectivity index (χ1n) is 5.64. The summed E-state index contributed by atoms with van der Waals surface area (Å²) in [7, 11) is 1.67. The summed E-state index contributed by atoms with van der Waals surface area (Å²) in [4.78, 5) is 11.5. The number of Topliss-reactive ketones (excluding diaryl/α,β-unsaturated/α-hetero) is 1. The maximum absolute atomic E-state index is 11.5. The fourth-order valence-corrected chi connectivity index (χ4v) is 2.29. The van der Waals surface area contributed by atoms with E-state index >= 15 is 0 Å². The number of hydrogen-bond donors (Lipinski definition) is 0. The summed E-state index contributed by atoms with van der Waals surface area (Å²) < 4.78 is 5.30. The Labute approximate surface area is 101 Å². The van der Waals surface area contributed by atoms with E-state index in [2.05, 4.69) is 0 Å². The van der Waals surface area contributed by atoms with Gasteiger partial charge in [0.25, 0.3) is 0 Å². The smallest absolute Gasteiger partial charge is 0.160 e. The van der Waals surface area contributed by atoms with Crippen molar-refractivity contribution in [1.29, 1.82) is 0 Å². The molecule has 2 aromatic rings. The summed E-state index contributed by atoms with van der Waals surface area (Å²) in [5.74, 6) is 0.991. The fourth-order valence-electron chi connectivity index (χ4n) is 2.29. The van der Waals surface area contributed by atoms with Crippen LogP contribution in [0, 0.1) is 13.8 Å². The second kappa shape index (κ2) is 4.21. The number of ether oxygens (including phenoxy) is 1. The van der Waals surface area contributed by atoms with Gasteiger partial charge in [0, 0.05) is 5.56 Å². The average Bonchev–Trinajstić information content (AvgIpc) is 2.30. The van der Waals surface area contributed by atoms with Gasteiger partial charge in [0.05, 0.1) is 7.11 Å². The molecule has 0 atom stereocenters. The highest BCUT2D eigenvalue weighted by atomic mass is 16.5. The molecule has 0 radical (unpaired) electrons. The molecule has 2 nitrogen and oxygen atoms in total. The highest BCUT2D eigenvalue weighted by Gasteiger charge is 2.10. The number of benzene rings is 2. The lowest BCUT2D eigenvalue weighted by Gasteiger charge is -2.12. The van der Waals surface area contributed by atoms with Gasteiger partial charge in [-0.05, 0) is 48.7 Å². The van der Waals surface area contributed by atoms with E-state index in [0.29, 0.717) is 0 Å². The van der Waals surface area contributed by atoms with Crippen LogP contribution >= 0.6 is 0 Å². The first-order valence-corrected chi connectivity index (χ1v) is 5.64. The van der Waals surface area contributed by atoms with Crippen LogP contribution in [0.1, 0.15) is 28.4 Å². The van der Waals surface area contributed by atoms with Crippen molar-refractivity contribution in [3.05, 3.63) is 41.0 Å². The molecule has 17 heavy (non-hydrogen) atoms. The standard InChI is InChI=1S/C15H16O2/c1-9-12(11(3)16)5-6-14-10(2)15(17-4)8-7-13(9)14/h5-8H,1-4H3. The molecule has 0 spiro atoms. The average molecular weight is 228 g/mol. The van der Waals surface area contributed by atoms with Gasteiger partial charge in [0.1, 0.15) is 5.75 Å². The van der Waals surface area contributed by atoms with E-state index in [4.69, 9.17) is 4.74 Å². The van der Waals surface area contributed by atoms with Crippen LogP contribution in [-0.2, 0) is 0 Å². The van der Waals surface area contributed by atoms with E-state index in [-0.39, 0.29) is 5.78 Å². The van der Waals surface area contributed by atoms with Gasteiger partial charge in [-0.15, -0.1) is 0 Å². The van der Waals surface area contributed by atoms with Gasteiger partial charge >= 0.3 is 0 Å². The Morgan fingerprint density at radius 3 is 2.18 bits per heavy atom. The molecule has 0 saturated heterocycles. The van der Waals surface area contributed by atoms with Crippen molar-refractivity contribution in [2.75, 3.05) is 7.11 Å². The molecule has 0 aliphatic rings. The van der Waals surface area contributed by atoms with Crippen LogP contribution in [-0.4, -0.2) is 12.9 Å². The molecule has 0 aliphatic carbocycles. The van der Waals surface area contributed by atoms with Crippen LogP contribution < -0.4 is 4.74 Å². The zero-order valence-corrected chi connectivity index (χ0v) is 10.6. The number of methoxy groups -OCH3 is 1. The molecule has 2 heteroatoms. The second-order valence-electron chi connectivity index (χ2n) is 4.28. The van der Waals surface area contributed by atoms with Crippen LogP contribution in [0.25, 0.3) is 10.8 Å². The van der Waals surface area contributed by atoms with E-state index in [9.17, 15) is 4.79 Å². The first-order chi connectivity index (χ1) is 8.06. The molecule has 0 unspecified atom stereocenters. The van der Waals surface area contributed by atoms with Crippen molar-refractivity contribution >= 4 is 16.6 Å². The molecule has 2 aromatic carbocycles. The van der Waals surface area contributed by atoms with Crippen molar-refractivity contribution in [1.82, 2.24) is 0 Å². The summed E-state index contributed by atoms with van der Waals surface area (Å²) in [6, 6.07) is 7.86. The van der Waals surface area contributed by atoms with Crippen molar-refractivity contribution in [2.45, 2.75) is 20.8 Å². The van der Waals surface area contributed by atoms with Gasteiger partial charge in [-0.25, -0.2) is 0 Å². The van der Waals surface area contributed by atoms with Gasteiger partial charge in [0.2, 0.25) is 0 Å². The number of ketones is 1. The maximum atomic E-state index is 11.5. The molecule has 0 saturated carbocycles. The number of aryl methyl sites for hydroxylation is 2. The Hall–Kier alpha value is -1.83. The largest absolute Gasteiger partial charge is 0.496 e. The highest BCUT2D eigenvalue weighted by Crippen LogP contribution is 2.30. The highest BCUT2D eigenvalue weighted by molar-refractivity contribution is 6.02. The van der Waals surface area contributed by atoms with E-state index in [1.165, 1.54) is 0 Å². The quantitative estimate of drug-likeness (QED) is 0.733. The third-order valence-corrected chi connectivity index (χ3v) is 3.29. The van der Waals surface area contributed by atoms with Gasteiger partial charge in [-0.1, -0.05) is 18.2 Å². The van der Waals surface area contributed by atoms with Crippen LogP contribution in [0.5, 0.6) is 5.75 Å². The lowest BCUT2D eigenvalue weighted by molar-refractivity contribution is 0.101. The molecule has 0 aliphatic heterocycles. The molecule has 0 bridgehead atoms. The Balaban J connectivity index is 2.81. The van der Waals surface area contributed by atoms with Gasteiger partial charge in [0.15, 0.2) is 5.78 Å². The minimum Gasteiger partial charge on any atom is -0.496 e. The third kappa shape index (κ3) is 1.80. The Morgan fingerprint density at radius 2 is 1.59 bits per heavy atom. The molecule has 0 N–H and O–H groups in total. The molecular formula is C15H16O2. The predicted molar refractivity (Wildman–Crippen MR) is 70.0 cm³/mol. The van der Waals surface area contributed by atoms with Crippen molar-refractivity contribution in [3.63, 3.8) is 0 Å². The Kier molecular flexibility index (Phi) is 2.88. The van der Waals surface area contributed by atoms with Gasteiger partial charge in [-0.3, -0.25) is 4.79 Å². The van der Waals surface area contributed by atoms with E-state index < -0.39 is 0 Å². The summed E-state index contributed by atoms with van der Waals surface area (Å²) >= 11 is 0. The Bertz CT molecular complexity index is 597. The van der Waals surface area contributed by atoms with Gasteiger partial charge in [-0.2, -0.15) is 0 Å². The summed E-state index contributed by atoms with van der Waals surface area (Å²) in [6.45, 7) is 5.63. The zero-order valence-electron chi connectivity index (χ0n) is 10.6. The first kappa shape index (κ1) is 11.6. The lowest BCUT2D eigenvalue weighted by atomic mass is 9.95. The van der Waals surface area contributed by atoms with E-state index in [1.54, 1.807) is 14.0 Å². The summed E-state index contributed by atoms with van der Waals surface area (Å²) in [5, 5.41) is 2.27. The molecule has 0 heterocycles. The number of fused-ring (bicyclic) bond motifs is 1. The normalized spacial score (nSPS) is 10.6. The van der Waals surface area contributed by atoms with Crippen LogP contribution in [0.4, 0.5) is 0 Å². The van der Waals surface area contributed by atoms with Crippen molar-refractivity contribution in [3.8, 4) is 5.75 Å². The molecule has 2 rings (SSSR count). The van der Waals surface area contributed by atoms with E-state index in [1.807, 2.05) is 38.1 Å². The molecule has 0 aromatic heterocycles. The summed E-state index contributed by atoms with van der Waals surface area (Å²) in [6.07, 6.45) is 0. The fraction of sp³-hybridized carbons (Fsp3) is 0.267. The third-order valence-electron chi connectivity index (χ3n) is 3.29. The lowest BCUT2D eigenvalue weighted by Crippen LogP contribution is -1.97. The molecular weight excluding hydrogens is 212 g/mol. The zero-order chi connectivity index (χ0) is 12.6. The van der Waals surface area contributed by atoms with E-state index in [0.717, 1.165) is 33.2 Å². The number of carbonyl (C=O) groups excluding carboxylic acids is 1. The van der Waals surface area contributed by atoms with Crippen molar-refractivity contribution < 1.29 is 9.53 Å². The topological polar surface area (TPSA) is 26.3 Å². The summed E-state index contributed by atoms with van der Waals surface area (Å²) in [5.41, 5.74) is 2.95.